The predicted octanol–water partition coefficient (Wildman–Crippen LogP) is 0.299. The van der Waals surface area contributed by atoms with Crippen LogP contribution >= 0.6 is 0 Å². The van der Waals surface area contributed by atoms with Gasteiger partial charge in [-0.1, -0.05) is 6.07 Å². The smallest absolute Gasteiger partial charge is 0.220 e. The van der Waals surface area contributed by atoms with Gasteiger partial charge in [0.2, 0.25) is 5.91 Å². The highest BCUT2D eigenvalue weighted by Crippen LogP contribution is 2.19. The molecule has 0 aliphatic carbocycles. The molecule has 0 saturated carbocycles. The van der Waals surface area contributed by atoms with Gasteiger partial charge in [0.15, 0.2) is 9.84 Å². The van der Waals surface area contributed by atoms with E-state index >= 15 is 0 Å². The first kappa shape index (κ1) is 18.8. The first-order chi connectivity index (χ1) is 11.1. The normalized spacial score (nSPS) is 21.8. The maximum atomic E-state index is 13.4. The predicted molar refractivity (Wildman–Crippen MR) is 88.4 cm³/mol. The van der Waals surface area contributed by atoms with E-state index in [4.69, 9.17) is 0 Å². The van der Waals surface area contributed by atoms with Crippen LogP contribution in [0.5, 0.6) is 0 Å². The van der Waals surface area contributed by atoms with Crippen molar-refractivity contribution < 1.29 is 22.7 Å². The Morgan fingerprint density at radius 1 is 1.38 bits per heavy atom. The molecule has 1 amide bonds. The standard InChI is InChI=1S/C16H23FN2O4S/c1-19-8-13(15(20)9-19)6-16(21)18-7-12-5-14(17)4-3-11(12)10-24(2,22)23/h3-5,13,15,20H,6-10H2,1-2H3,(H,18,21)/t13-,15-/m1/s1. The van der Waals surface area contributed by atoms with Crippen molar-refractivity contribution in [2.24, 2.45) is 5.92 Å². The molecule has 1 aliphatic rings. The Morgan fingerprint density at radius 3 is 2.67 bits per heavy atom. The lowest BCUT2D eigenvalue weighted by Crippen LogP contribution is -2.29. The molecule has 0 aromatic heterocycles. The highest BCUT2D eigenvalue weighted by Gasteiger charge is 2.30. The Kier molecular flexibility index (Phi) is 5.95. The van der Waals surface area contributed by atoms with Crippen LogP contribution in [0.1, 0.15) is 17.5 Å². The number of hydrogen-bond donors (Lipinski definition) is 2. The number of nitrogens with one attached hydrogen (secondary N) is 1. The topological polar surface area (TPSA) is 86.7 Å². The van der Waals surface area contributed by atoms with Crippen molar-refractivity contribution in [3.05, 3.63) is 35.1 Å². The highest BCUT2D eigenvalue weighted by molar-refractivity contribution is 7.89. The molecule has 134 valence electrons. The maximum absolute atomic E-state index is 13.4. The minimum atomic E-state index is -3.26. The Balaban J connectivity index is 1.98. The lowest BCUT2D eigenvalue weighted by atomic mass is 10.0. The number of sulfone groups is 1. The number of aliphatic hydroxyl groups is 1. The number of carbonyl (C=O) groups is 1. The number of amides is 1. The zero-order valence-electron chi connectivity index (χ0n) is 13.8. The molecule has 1 heterocycles. The van der Waals surface area contributed by atoms with Crippen molar-refractivity contribution in [1.82, 2.24) is 10.2 Å². The summed E-state index contributed by atoms with van der Waals surface area (Å²) >= 11 is 0. The van der Waals surface area contributed by atoms with E-state index in [1.807, 2.05) is 11.9 Å². The van der Waals surface area contributed by atoms with Crippen molar-refractivity contribution >= 4 is 15.7 Å². The number of likely N-dealkylation sites (tertiary alicyclic amines) is 1. The third-order valence-corrected chi connectivity index (χ3v) is 4.93. The second-order valence-electron chi connectivity index (χ2n) is 6.51. The third-order valence-electron chi connectivity index (χ3n) is 4.10. The van der Waals surface area contributed by atoms with Gasteiger partial charge in [-0.15, -0.1) is 0 Å². The molecule has 24 heavy (non-hydrogen) atoms. The number of rotatable bonds is 6. The molecule has 2 rings (SSSR count). The van der Waals surface area contributed by atoms with Crippen LogP contribution in [0.4, 0.5) is 4.39 Å². The van der Waals surface area contributed by atoms with Crippen LogP contribution in [-0.4, -0.2) is 56.8 Å². The SMILES string of the molecule is CN1C[C@@H](CC(=O)NCc2cc(F)ccc2CS(C)(=O)=O)[C@H](O)C1. The van der Waals surface area contributed by atoms with Gasteiger partial charge in [0.1, 0.15) is 5.82 Å². The Morgan fingerprint density at radius 2 is 2.08 bits per heavy atom. The molecule has 1 saturated heterocycles. The summed E-state index contributed by atoms with van der Waals surface area (Å²) in [7, 11) is -1.38. The molecule has 0 radical (unpaired) electrons. The van der Waals surface area contributed by atoms with Gasteiger partial charge >= 0.3 is 0 Å². The Bertz CT molecular complexity index is 708. The summed E-state index contributed by atoms with van der Waals surface area (Å²) in [4.78, 5) is 14.0. The zero-order chi connectivity index (χ0) is 17.9. The molecular weight excluding hydrogens is 335 g/mol. The maximum Gasteiger partial charge on any atom is 0.220 e. The van der Waals surface area contributed by atoms with E-state index in [9.17, 15) is 22.7 Å². The number of carbonyl (C=O) groups excluding carboxylic acids is 1. The van der Waals surface area contributed by atoms with E-state index in [0.29, 0.717) is 24.2 Å². The van der Waals surface area contributed by atoms with Gasteiger partial charge in [0, 0.05) is 38.2 Å². The number of nitrogens with zero attached hydrogens (tertiary/aromatic N) is 1. The van der Waals surface area contributed by atoms with E-state index < -0.39 is 21.8 Å². The van der Waals surface area contributed by atoms with Crippen molar-refractivity contribution in [1.29, 1.82) is 0 Å². The largest absolute Gasteiger partial charge is 0.391 e. The van der Waals surface area contributed by atoms with Crippen LogP contribution in [0, 0.1) is 11.7 Å². The molecule has 1 fully saturated rings. The molecule has 2 N–H and O–H groups in total. The van der Waals surface area contributed by atoms with Gasteiger partial charge in [-0.3, -0.25) is 4.79 Å². The van der Waals surface area contributed by atoms with Crippen LogP contribution in [0.3, 0.4) is 0 Å². The van der Waals surface area contributed by atoms with Gasteiger partial charge in [-0.2, -0.15) is 0 Å². The minimum absolute atomic E-state index is 0.0557. The average Bonchev–Trinajstić information content (AvgIpc) is 2.75. The van der Waals surface area contributed by atoms with Gasteiger partial charge in [-0.25, -0.2) is 12.8 Å². The molecule has 6 nitrogen and oxygen atoms in total. The summed E-state index contributed by atoms with van der Waals surface area (Å²) < 4.78 is 36.3. The second kappa shape index (κ2) is 7.58. The van der Waals surface area contributed by atoms with Crippen molar-refractivity contribution in [3.63, 3.8) is 0 Å². The highest BCUT2D eigenvalue weighted by atomic mass is 32.2. The molecule has 1 aliphatic heterocycles. The quantitative estimate of drug-likeness (QED) is 0.764. The van der Waals surface area contributed by atoms with Gasteiger partial charge in [0.05, 0.1) is 11.9 Å². The second-order valence-corrected chi connectivity index (χ2v) is 8.65. The van der Waals surface area contributed by atoms with E-state index in [1.165, 1.54) is 18.2 Å². The van der Waals surface area contributed by atoms with E-state index in [-0.39, 0.29) is 30.5 Å². The average molecular weight is 358 g/mol. The number of β-amino-alcohol motifs (C(OH)–C–C–N with tert-alkyl or cyclic N) is 1. The number of halogens is 1. The number of aliphatic hydroxyl groups excluding tert-OH is 1. The summed E-state index contributed by atoms with van der Waals surface area (Å²) in [5.74, 6) is -1.06. The molecule has 1 aromatic rings. The van der Waals surface area contributed by atoms with E-state index in [2.05, 4.69) is 5.32 Å². The lowest BCUT2D eigenvalue weighted by Gasteiger charge is -2.14. The van der Waals surface area contributed by atoms with Crippen LogP contribution in [0.15, 0.2) is 18.2 Å². The van der Waals surface area contributed by atoms with Crippen molar-refractivity contribution in [2.75, 3.05) is 26.4 Å². The molecule has 0 spiro atoms. The monoisotopic (exact) mass is 358 g/mol. The van der Waals surface area contributed by atoms with Crippen LogP contribution in [0.2, 0.25) is 0 Å². The lowest BCUT2D eigenvalue weighted by molar-refractivity contribution is -0.122. The van der Waals surface area contributed by atoms with Crippen LogP contribution in [0.25, 0.3) is 0 Å². The molecule has 2 atom stereocenters. The summed E-state index contributed by atoms with van der Waals surface area (Å²) in [5.41, 5.74) is 0.915. The summed E-state index contributed by atoms with van der Waals surface area (Å²) in [5, 5.41) is 12.5. The fraction of sp³-hybridized carbons (Fsp3) is 0.562. The first-order valence-corrected chi connectivity index (χ1v) is 9.78. The van der Waals surface area contributed by atoms with Gasteiger partial charge < -0.3 is 15.3 Å². The molecule has 1 aromatic carbocycles. The van der Waals surface area contributed by atoms with Gasteiger partial charge in [-0.05, 0) is 30.3 Å². The zero-order valence-corrected chi connectivity index (χ0v) is 14.6. The number of benzene rings is 1. The van der Waals surface area contributed by atoms with Gasteiger partial charge in [0.25, 0.3) is 0 Å². The molecule has 0 bridgehead atoms. The Labute approximate surface area is 141 Å². The van der Waals surface area contributed by atoms with Crippen molar-refractivity contribution in [2.45, 2.75) is 24.8 Å². The molecular formula is C16H23FN2O4S. The van der Waals surface area contributed by atoms with E-state index in [1.54, 1.807) is 0 Å². The number of hydrogen-bond acceptors (Lipinski definition) is 5. The Hall–Kier alpha value is -1.51. The third kappa shape index (κ3) is 5.54. The fourth-order valence-corrected chi connectivity index (χ4v) is 3.80. The van der Waals surface area contributed by atoms with Crippen molar-refractivity contribution in [3.8, 4) is 0 Å². The van der Waals surface area contributed by atoms with Crippen LogP contribution < -0.4 is 5.32 Å². The minimum Gasteiger partial charge on any atom is -0.391 e. The summed E-state index contributed by atoms with van der Waals surface area (Å²) in [6.45, 7) is 1.24. The molecule has 8 heteroatoms. The number of likely N-dealkylation sites (N-methyl/N-ethyl adjacent to an activating group) is 1. The first-order valence-electron chi connectivity index (χ1n) is 7.72. The molecule has 0 unspecified atom stereocenters. The van der Waals surface area contributed by atoms with E-state index in [0.717, 1.165) is 6.26 Å². The van der Waals surface area contributed by atoms with Crippen LogP contribution in [-0.2, 0) is 26.9 Å². The fourth-order valence-electron chi connectivity index (χ4n) is 2.95. The summed E-state index contributed by atoms with van der Waals surface area (Å²) in [6.07, 6.45) is 0.759. The summed E-state index contributed by atoms with van der Waals surface area (Å²) in [6, 6.07) is 3.86.